The SMILES string of the molecule is CCCSc1nc2n(n1)C(c1cccc(OCc3ccc(Cl)cc3)c1)C(C(=O)OCc1ccccc1)=C(C)N2. The lowest BCUT2D eigenvalue weighted by molar-refractivity contribution is -0.140. The summed E-state index contributed by atoms with van der Waals surface area (Å²) in [5.41, 5.74) is 3.92. The van der Waals surface area contributed by atoms with E-state index in [4.69, 9.17) is 26.2 Å². The Balaban J connectivity index is 1.45. The molecule has 0 saturated carbocycles. The minimum absolute atomic E-state index is 0.176. The van der Waals surface area contributed by atoms with Gasteiger partial charge in [-0.15, -0.1) is 5.10 Å². The van der Waals surface area contributed by atoms with Crippen molar-refractivity contribution in [1.29, 1.82) is 0 Å². The van der Waals surface area contributed by atoms with Crippen molar-refractivity contribution in [3.05, 3.63) is 112 Å². The number of thioether (sulfide) groups is 1. The van der Waals surface area contributed by atoms with Crippen molar-refractivity contribution in [2.24, 2.45) is 0 Å². The number of esters is 1. The van der Waals surface area contributed by atoms with Crippen molar-refractivity contribution in [2.45, 2.75) is 44.7 Å². The molecule has 2 heterocycles. The molecule has 0 radical (unpaired) electrons. The number of nitrogens with one attached hydrogen (secondary N) is 1. The molecule has 1 N–H and O–H groups in total. The highest BCUT2D eigenvalue weighted by Crippen LogP contribution is 2.38. The second kappa shape index (κ2) is 12.4. The van der Waals surface area contributed by atoms with Crippen molar-refractivity contribution in [3.8, 4) is 5.75 Å². The number of nitrogens with zero attached hydrogens (tertiary/aromatic N) is 3. The van der Waals surface area contributed by atoms with Gasteiger partial charge in [0.05, 0.1) is 5.57 Å². The number of carbonyl (C=O) groups is 1. The summed E-state index contributed by atoms with van der Waals surface area (Å²) < 4.78 is 13.6. The van der Waals surface area contributed by atoms with Gasteiger partial charge in [-0.1, -0.05) is 84.9 Å². The van der Waals surface area contributed by atoms with Crippen molar-refractivity contribution in [3.63, 3.8) is 0 Å². The zero-order valence-corrected chi connectivity index (χ0v) is 23.3. The van der Waals surface area contributed by atoms with Gasteiger partial charge in [0.2, 0.25) is 11.1 Å². The van der Waals surface area contributed by atoms with E-state index in [9.17, 15) is 4.79 Å². The quantitative estimate of drug-likeness (QED) is 0.164. The molecule has 0 amide bonds. The summed E-state index contributed by atoms with van der Waals surface area (Å²) in [7, 11) is 0. The van der Waals surface area contributed by atoms with E-state index >= 15 is 0 Å². The number of ether oxygens (including phenoxy) is 2. The van der Waals surface area contributed by atoms with Crippen LogP contribution in [-0.4, -0.2) is 26.5 Å². The first-order valence-electron chi connectivity index (χ1n) is 12.8. The number of carbonyl (C=O) groups excluding carboxylic acids is 1. The van der Waals surface area contributed by atoms with Crippen LogP contribution in [0, 0.1) is 0 Å². The van der Waals surface area contributed by atoms with Gasteiger partial charge in [0.15, 0.2) is 0 Å². The van der Waals surface area contributed by atoms with Crippen molar-refractivity contribution in [2.75, 3.05) is 11.1 Å². The molecule has 1 unspecified atom stereocenters. The third-order valence-corrected chi connectivity index (χ3v) is 7.49. The lowest BCUT2D eigenvalue weighted by Crippen LogP contribution is -2.29. The topological polar surface area (TPSA) is 78.3 Å². The minimum Gasteiger partial charge on any atom is -0.489 e. The van der Waals surface area contributed by atoms with Crippen LogP contribution in [0.15, 0.2) is 95.3 Å². The second-order valence-electron chi connectivity index (χ2n) is 9.13. The first kappa shape index (κ1) is 26.8. The molecule has 4 aromatic rings. The molecule has 0 saturated heterocycles. The van der Waals surface area contributed by atoms with E-state index in [0.29, 0.717) is 39.8 Å². The average molecular weight is 561 g/mol. The van der Waals surface area contributed by atoms with Gasteiger partial charge in [0.1, 0.15) is 25.0 Å². The van der Waals surface area contributed by atoms with Crippen LogP contribution in [0.3, 0.4) is 0 Å². The van der Waals surface area contributed by atoms with Gasteiger partial charge in [-0.2, -0.15) is 4.98 Å². The molecule has 1 aromatic heterocycles. The number of hydrogen-bond acceptors (Lipinski definition) is 7. The summed E-state index contributed by atoms with van der Waals surface area (Å²) in [4.78, 5) is 18.2. The molecule has 9 heteroatoms. The zero-order chi connectivity index (χ0) is 27.2. The highest BCUT2D eigenvalue weighted by atomic mass is 35.5. The molecule has 5 rings (SSSR count). The average Bonchev–Trinajstić information content (AvgIpc) is 3.36. The molecule has 1 aliphatic rings. The maximum absolute atomic E-state index is 13.5. The summed E-state index contributed by atoms with van der Waals surface area (Å²) in [6.07, 6.45) is 1.01. The smallest absolute Gasteiger partial charge is 0.338 e. The highest BCUT2D eigenvalue weighted by molar-refractivity contribution is 7.99. The fourth-order valence-electron chi connectivity index (χ4n) is 4.28. The lowest BCUT2D eigenvalue weighted by Gasteiger charge is -2.28. The normalized spacial score (nSPS) is 14.5. The van der Waals surface area contributed by atoms with Crippen molar-refractivity contribution in [1.82, 2.24) is 14.8 Å². The fraction of sp³-hybridized carbons (Fsp3) is 0.233. The Kier molecular flexibility index (Phi) is 8.54. The molecule has 200 valence electrons. The van der Waals surface area contributed by atoms with Crippen LogP contribution in [0.1, 0.15) is 43.0 Å². The molecule has 7 nitrogen and oxygen atoms in total. The first-order chi connectivity index (χ1) is 19.0. The van der Waals surface area contributed by atoms with E-state index in [1.807, 2.05) is 85.8 Å². The highest BCUT2D eigenvalue weighted by Gasteiger charge is 2.35. The van der Waals surface area contributed by atoms with Crippen LogP contribution in [0.2, 0.25) is 5.02 Å². The number of halogens is 1. The fourth-order valence-corrected chi connectivity index (χ4v) is 5.09. The van der Waals surface area contributed by atoms with E-state index in [2.05, 4.69) is 17.2 Å². The molecule has 0 aliphatic carbocycles. The van der Waals surface area contributed by atoms with Crippen LogP contribution >= 0.6 is 23.4 Å². The van der Waals surface area contributed by atoms with Crippen molar-refractivity contribution >= 4 is 35.3 Å². The minimum atomic E-state index is -0.535. The summed E-state index contributed by atoms with van der Waals surface area (Å²) in [5.74, 6) is 1.76. The van der Waals surface area contributed by atoms with Crippen LogP contribution in [0.25, 0.3) is 0 Å². The van der Waals surface area contributed by atoms with Crippen LogP contribution in [0.5, 0.6) is 5.75 Å². The molecule has 1 atom stereocenters. The Bertz CT molecular complexity index is 1470. The Morgan fingerprint density at radius 1 is 1.03 bits per heavy atom. The number of allylic oxidation sites excluding steroid dienone is 1. The van der Waals surface area contributed by atoms with Crippen molar-refractivity contribution < 1.29 is 14.3 Å². The molecule has 3 aromatic carbocycles. The summed E-state index contributed by atoms with van der Waals surface area (Å²) in [6.45, 7) is 4.55. The second-order valence-corrected chi connectivity index (χ2v) is 10.6. The monoisotopic (exact) mass is 560 g/mol. The Morgan fingerprint density at radius 3 is 2.56 bits per heavy atom. The number of hydrogen-bond donors (Lipinski definition) is 1. The number of aromatic nitrogens is 3. The van der Waals surface area contributed by atoms with Crippen LogP contribution in [-0.2, 0) is 22.7 Å². The molecule has 0 spiro atoms. The Hall–Kier alpha value is -3.75. The van der Waals surface area contributed by atoms with Crippen LogP contribution in [0.4, 0.5) is 5.95 Å². The van der Waals surface area contributed by atoms with Gasteiger partial charge in [0, 0.05) is 16.5 Å². The summed E-state index contributed by atoms with van der Waals surface area (Å²) in [6, 6.07) is 24.4. The predicted octanol–water partition coefficient (Wildman–Crippen LogP) is 7.04. The first-order valence-corrected chi connectivity index (χ1v) is 14.1. The lowest BCUT2D eigenvalue weighted by atomic mass is 9.95. The van der Waals surface area contributed by atoms with Gasteiger partial charge < -0.3 is 14.8 Å². The van der Waals surface area contributed by atoms with E-state index in [0.717, 1.165) is 28.9 Å². The maximum atomic E-state index is 13.5. The number of fused-ring (bicyclic) bond motifs is 1. The predicted molar refractivity (Wildman–Crippen MR) is 154 cm³/mol. The Morgan fingerprint density at radius 2 is 1.79 bits per heavy atom. The Labute approximate surface area is 237 Å². The van der Waals surface area contributed by atoms with Gasteiger partial charge >= 0.3 is 5.97 Å². The van der Waals surface area contributed by atoms with E-state index < -0.39 is 12.0 Å². The van der Waals surface area contributed by atoms with E-state index in [1.165, 1.54) is 0 Å². The summed E-state index contributed by atoms with van der Waals surface area (Å²) >= 11 is 7.60. The molecule has 0 bridgehead atoms. The van der Waals surface area contributed by atoms with Gasteiger partial charge in [0.25, 0.3) is 0 Å². The molecular weight excluding hydrogens is 532 g/mol. The number of rotatable bonds is 10. The number of anilines is 1. The maximum Gasteiger partial charge on any atom is 0.338 e. The third kappa shape index (κ3) is 6.46. The van der Waals surface area contributed by atoms with E-state index in [1.54, 1.807) is 16.4 Å². The van der Waals surface area contributed by atoms with Crippen LogP contribution < -0.4 is 10.1 Å². The van der Waals surface area contributed by atoms with Gasteiger partial charge in [-0.05, 0) is 54.3 Å². The molecule has 39 heavy (non-hydrogen) atoms. The molecular formula is C30H29ClN4O3S. The van der Waals surface area contributed by atoms with Gasteiger partial charge in [-0.3, -0.25) is 0 Å². The third-order valence-electron chi connectivity index (χ3n) is 6.19. The molecule has 0 fully saturated rings. The standard InChI is InChI=1S/C30H29ClN4O3S/c1-3-16-39-30-33-29-32-20(2)26(28(36)38-19-21-8-5-4-6-9-21)27(35(29)34-30)23-10-7-11-25(17-23)37-18-22-12-14-24(31)15-13-22/h4-15,17,27H,3,16,18-19H2,1-2H3,(H,32,33,34). The van der Waals surface area contributed by atoms with E-state index in [-0.39, 0.29) is 6.61 Å². The zero-order valence-electron chi connectivity index (χ0n) is 21.8. The van der Waals surface area contributed by atoms with Gasteiger partial charge in [-0.25, -0.2) is 9.48 Å². The summed E-state index contributed by atoms with van der Waals surface area (Å²) in [5, 5.41) is 9.38. The molecule has 1 aliphatic heterocycles. The largest absolute Gasteiger partial charge is 0.489 e. The number of benzene rings is 3.